The van der Waals surface area contributed by atoms with E-state index in [0.29, 0.717) is 37.0 Å². The van der Waals surface area contributed by atoms with Crippen molar-refractivity contribution in [1.82, 2.24) is 9.80 Å². The number of aliphatic carboxylic acids is 1. The highest BCUT2D eigenvalue weighted by molar-refractivity contribution is 7.99. The van der Waals surface area contributed by atoms with Gasteiger partial charge in [0.25, 0.3) is 0 Å². The first-order valence-electron chi connectivity index (χ1n) is 8.06. The Morgan fingerprint density at radius 3 is 3.00 bits per heavy atom. The fraction of sp³-hybridized carbons (Fsp3) is 0.529. The molecule has 0 saturated carbocycles. The number of hydrogen-bond acceptors (Lipinski definition) is 5. The monoisotopic (exact) mass is 386 g/mol. The van der Waals surface area contributed by atoms with Crippen LogP contribution in [0.4, 0.5) is 0 Å². The summed E-state index contributed by atoms with van der Waals surface area (Å²) in [4.78, 5) is 26.6. The summed E-state index contributed by atoms with van der Waals surface area (Å²) in [7, 11) is 1.74. The Hall–Kier alpha value is -1.28. The maximum atomic E-state index is 12.4. The second kappa shape index (κ2) is 10.0. The highest BCUT2D eigenvalue weighted by Crippen LogP contribution is 2.17. The maximum absolute atomic E-state index is 12.4. The van der Waals surface area contributed by atoms with Crippen molar-refractivity contribution in [3.05, 3.63) is 34.9 Å². The lowest BCUT2D eigenvalue weighted by Gasteiger charge is -2.34. The van der Waals surface area contributed by atoms with Crippen molar-refractivity contribution in [2.45, 2.75) is 11.9 Å². The van der Waals surface area contributed by atoms with Gasteiger partial charge in [0.1, 0.15) is 0 Å². The summed E-state index contributed by atoms with van der Waals surface area (Å²) in [5.74, 6) is 0.357. The topological polar surface area (TPSA) is 70.1 Å². The van der Waals surface area contributed by atoms with Gasteiger partial charge in [0.2, 0.25) is 5.91 Å². The van der Waals surface area contributed by atoms with Crippen molar-refractivity contribution in [2.75, 3.05) is 45.6 Å². The van der Waals surface area contributed by atoms with Crippen LogP contribution in [-0.4, -0.2) is 78.5 Å². The number of likely N-dealkylation sites (N-methyl/N-ethyl adjacent to an activating group) is 1. The molecule has 0 aromatic heterocycles. The van der Waals surface area contributed by atoms with E-state index >= 15 is 0 Å². The number of carbonyl (C=O) groups is 2. The van der Waals surface area contributed by atoms with Crippen LogP contribution in [0.1, 0.15) is 5.56 Å². The third-order valence-electron chi connectivity index (χ3n) is 3.80. The molecule has 6 nitrogen and oxygen atoms in total. The molecule has 1 aromatic rings. The molecule has 0 bridgehead atoms. The lowest BCUT2D eigenvalue weighted by molar-refractivity contribution is -0.141. The third kappa shape index (κ3) is 7.23. The van der Waals surface area contributed by atoms with Gasteiger partial charge in [-0.25, -0.2) is 0 Å². The number of halogens is 1. The summed E-state index contributed by atoms with van der Waals surface area (Å²) in [6, 6.07) is 7.63. The second-order valence-electron chi connectivity index (χ2n) is 6.05. The van der Waals surface area contributed by atoms with Gasteiger partial charge in [0.15, 0.2) is 0 Å². The molecule has 8 heteroatoms. The average Bonchev–Trinajstić information content (AvgIpc) is 2.54. The molecule has 0 radical (unpaired) electrons. The van der Waals surface area contributed by atoms with E-state index in [1.54, 1.807) is 28.6 Å². The van der Waals surface area contributed by atoms with Gasteiger partial charge >= 0.3 is 5.97 Å². The van der Waals surface area contributed by atoms with Gasteiger partial charge in [-0.1, -0.05) is 23.7 Å². The highest BCUT2D eigenvalue weighted by Gasteiger charge is 2.25. The van der Waals surface area contributed by atoms with Crippen molar-refractivity contribution in [2.24, 2.45) is 0 Å². The van der Waals surface area contributed by atoms with Crippen LogP contribution in [0.15, 0.2) is 24.3 Å². The van der Waals surface area contributed by atoms with Crippen molar-refractivity contribution in [1.29, 1.82) is 0 Å². The van der Waals surface area contributed by atoms with Crippen LogP contribution in [0.2, 0.25) is 5.02 Å². The molecule has 1 unspecified atom stereocenters. The van der Waals surface area contributed by atoms with Gasteiger partial charge in [0, 0.05) is 30.4 Å². The smallest absolute Gasteiger partial charge is 0.317 e. The first-order chi connectivity index (χ1) is 11.9. The lowest BCUT2D eigenvalue weighted by atomic mass is 10.2. The van der Waals surface area contributed by atoms with Gasteiger partial charge in [-0.3, -0.25) is 14.5 Å². The quantitative estimate of drug-likeness (QED) is 0.734. The van der Waals surface area contributed by atoms with Crippen LogP contribution in [0, 0.1) is 0 Å². The zero-order chi connectivity index (χ0) is 18.2. The molecular formula is C17H23ClN2O4S. The van der Waals surface area contributed by atoms with Crippen molar-refractivity contribution >= 4 is 35.2 Å². The maximum Gasteiger partial charge on any atom is 0.317 e. The Labute approximate surface area is 157 Å². The normalized spacial score (nSPS) is 17.7. The molecule has 1 saturated heterocycles. The van der Waals surface area contributed by atoms with E-state index in [2.05, 4.69) is 0 Å². The Morgan fingerprint density at radius 2 is 2.28 bits per heavy atom. The zero-order valence-electron chi connectivity index (χ0n) is 14.2. The van der Waals surface area contributed by atoms with Crippen LogP contribution < -0.4 is 0 Å². The molecule has 25 heavy (non-hydrogen) atoms. The summed E-state index contributed by atoms with van der Waals surface area (Å²) < 4.78 is 5.65. The van der Waals surface area contributed by atoms with Crippen LogP contribution in [0.5, 0.6) is 0 Å². The van der Waals surface area contributed by atoms with Crippen molar-refractivity contribution < 1.29 is 19.4 Å². The summed E-state index contributed by atoms with van der Waals surface area (Å²) in [6.45, 7) is 2.02. The van der Waals surface area contributed by atoms with Gasteiger partial charge in [-0.15, -0.1) is 11.8 Å². The molecule has 1 amide bonds. The predicted molar refractivity (Wildman–Crippen MR) is 99.1 cm³/mol. The Morgan fingerprint density at radius 1 is 1.48 bits per heavy atom. The molecule has 2 rings (SSSR count). The van der Waals surface area contributed by atoms with E-state index in [1.807, 2.05) is 24.3 Å². The number of nitrogens with zero attached hydrogens (tertiary/aromatic N) is 2. The Kier molecular flexibility index (Phi) is 8.02. The van der Waals surface area contributed by atoms with E-state index < -0.39 is 5.97 Å². The summed E-state index contributed by atoms with van der Waals surface area (Å²) in [5, 5.41) is 9.50. The number of carboxylic acid groups (broad SMARTS) is 1. The number of thioether (sulfide) groups is 1. The van der Waals surface area contributed by atoms with E-state index in [1.165, 1.54) is 0 Å². The van der Waals surface area contributed by atoms with E-state index in [4.69, 9.17) is 21.4 Å². The van der Waals surface area contributed by atoms with E-state index in [-0.39, 0.29) is 18.6 Å². The van der Waals surface area contributed by atoms with Crippen LogP contribution in [0.3, 0.4) is 0 Å². The molecule has 1 aliphatic heterocycles. The number of carbonyl (C=O) groups excluding carboxylic acids is 1. The number of morpholine rings is 1. The molecule has 1 heterocycles. The number of amides is 1. The highest BCUT2D eigenvalue weighted by atomic mass is 35.5. The van der Waals surface area contributed by atoms with Gasteiger partial charge in [-0.05, 0) is 24.7 Å². The number of rotatable bonds is 8. The first-order valence-corrected chi connectivity index (χ1v) is 9.59. The third-order valence-corrected chi connectivity index (χ3v) is 5.02. The average molecular weight is 387 g/mol. The van der Waals surface area contributed by atoms with E-state index in [9.17, 15) is 9.59 Å². The minimum Gasteiger partial charge on any atom is -0.480 e. The predicted octanol–water partition coefficient (Wildman–Crippen LogP) is 1.82. The number of benzene rings is 1. The van der Waals surface area contributed by atoms with Crippen LogP contribution in [0.25, 0.3) is 0 Å². The minimum atomic E-state index is -0.872. The van der Waals surface area contributed by atoms with Gasteiger partial charge < -0.3 is 14.7 Å². The first kappa shape index (κ1) is 20.0. The molecule has 1 atom stereocenters. The summed E-state index contributed by atoms with van der Waals surface area (Å²) in [6.07, 6.45) is -0.153. The number of ether oxygens (including phenoxy) is 1. The molecule has 1 fully saturated rings. The molecular weight excluding hydrogens is 364 g/mol. The second-order valence-corrected chi connectivity index (χ2v) is 7.47. The van der Waals surface area contributed by atoms with Crippen LogP contribution >= 0.6 is 23.4 Å². The molecule has 1 N–H and O–H groups in total. The molecule has 138 valence electrons. The summed E-state index contributed by atoms with van der Waals surface area (Å²) in [5.41, 5.74) is 1.10. The zero-order valence-corrected chi connectivity index (χ0v) is 15.8. The van der Waals surface area contributed by atoms with Gasteiger partial charge in [-0.2, -0.15) is 0 Å². The molecule has 0 aliphatic carbocycles. The minimum absolute atomic E-state index is 0.0384. The number of hydrogen-bond donors (Lipinski definition) is 1. The standard InChI is InChI=1S/C17H23ClN2O4S/c1-19(10-17(22)23)8-15-9-20(5-6-24-15)16(21)12-25-11-13-3-2-4-14(18)7-13/h2-4,7,15H,5-6,8-12H2,1H3,(H,22,23). The summed E-state index contributed by atoms with van der Waals surface area (Å²) >= 11 is 7.52. The Balaban J connectivity index is 1.74. The fourth-order valence-corrected chi connectivity index (χ4v) is 3.76. The van der Waals surface area contributed by atoms with Crippen molar-refractivity contribution in [3.63, 3.8) is 0 Å². The number of carboxylic acids is 1. The largest absolute Gasteiger partial charge is 0.480 e. The SMILES string of the molecule is CN(CC(=O)O)CC1CN(C(=O)CSCc2cccc(Cl)c2)CCO1. The van der Waals surface area contributed by atoms with E-state index in [0.717, 1.165) is 11.3 Å². The van der Waals surface area contributed by atoms with Crippen LogP contribution in [-0.2, 0) is 20.1 Å². The fourth-order valence-electron chi connectivity index (χ4n) is 2.67. The molecule has 0 spiro atoms. The van der Waals surface area contributed by atoms with Crippen molar-refractivity contribution in [3.8, 4) is 0 Å². The Bertz CT molecular complexity index is 602. The molecule has 1 aromatic carbocycles. The molecule has 1 aliphatic rings. The lowest BCUT2D eigenvalue weighted by Crippen LogP contribution is -2.50. The van der Waals surface area contributed by atoms with Gasteiger partial charge in [0.05, 0.1) is 25.0 Å².